The smallest absolute Gasteiger partial charge is 0.295 e. The number of benzene rings is 1. The molecule has 0 radical (unpaired) electrons. The number of anilines is 1. The molecule has 22 heavy (non-hydrogen) atoms. The van der Waals surface area contributed by atoms with Crippen molar-refractivity contribution in [2.75, 3.05) is 18.9 Å². The number of nitrogens with zero attached hydrogens (tertiary/aromatic N) is 3. The molecule has 2 N–H and O–H groups in total. The van der Waals surface area contributed by atoms with Crippen molar-refractivity contribution >= 4 is 21.7 Å². The third-order valence-corrected chi connectivity index (χ3v) is 4.06. The molecule has 1 aromatic heterocycles. The summed E-state index contributed by atoms with van der Waals surface area (Å²) in [5.74, 6) is -3.14. The molecule has 0 saturated carbocycles. The number of alkyl halides is 2. The van der Waals surface area contributed by atoms with Crippen LogP contribution in [0.1, 0.15) is 11.6 Å². The third-order valence-electron chi connectivity index (χ3n) is 3.53. The van der Waals surface area contributed by atoms with Gasteiger partial charge in [0.25, 0.3) is 5.92 Å². The van der Waals surface area contributed by atoms with Crippen LogP contribution < -0.4 is 5.73 Å². The largest absolute Gasteiger partial charge is 0.383 e. The number of nitrogens with two attached hydrogens (primary N) is 1. The van der Waals surface area contributed by atoms with Crippen LogP contribution in [0.2, 0.25) is 0 Å². The number of hydrogen-bond acceptors (Lipinski definition) is 4. The summed E-state index contributed by atoms with van der Waals surface area (Å²) in [6.45, 7) is -0.865. The number of rotatable bonds is 2. The van der Waals surface area contributed by atoms with Crippen molar-refractivity contribution in [3.8, 4) is 17.3 Å². The van der Waals surface area contributed by atoms with E-state index >= 15 is 0 Å². The Kier molecular flexibility index (Phi) is 3.62. The molecule has 3 rings (SSSR count). The van der Waals surface area contributed by atoms with Gasteiger partial charge in [0.15, 0.2) is 0 Å². The second kappa shape index (κ2) is 5.34. The zero-order valence-electron chi connectivity index (χ0n) is 11.3. The van der Waals surface area contributed by atoms with Crippen LogP contribution in [0.25, 0.3) is 11.3 Å². The molecule has 114 valence electrons. The van der Waals surface area contributed by atoms with E-state index in [0.29, 0.717) is 5.56 Å². The second-order valence-corrected chi connectivity index (χ2v) is 5.88. The molecule has 1 saturated heterocycles. The molecule has 2 heterocycles. The van der Waals surface area contributed by atoms with E-state index in [1.807, 2.05) is 6.07 Å². The number of aromatic nitrogens is 2. The summed E-state index contributed by atoms with van der Waals surface area (Å²) < 4.78 is 34.4. The summed E-state index contributed by atoms with van der Waals surface area (Å²) in [6.07, 6.45) is 0. The predicted octanol–water partition coefficient (Wildman–Crippen LogP) is 2.97. The highest BCUT2D eigenvalue weighted by atomic mass is 79.9. The van der Waals surface area contributed by atoms with Gasteiger partial charge in [0.1, 0.15) is 35.8 Å². The number of halogens is 3. The van der Waals surface area contributed by atoms with Gasteiger partial charge in [-0.25, -0.2) is 13.5 Å². The number of hydrogen-bond donors (Lipinski definition) is 1. The van der Waals surface area contributed by atoms with Crippen molar-refractivity contribution in [2.45, 2.75) is 12.0 Å². The van der Waals surface area contributed by atoms with Gasteiger partial charge in [0.2, 0.25) is 0 Å². The van der Waals surface area contributed by atoms with E-state index in [9.17, 15) is 14.0 Å². The second-order valence-electron chi connectivity index (χ2n) is 4.96. The molecule has 0 spiro atoms. The summed E-state index contributed by atoms with van der Waals surface area (Å²) in [5.41, 5.74) is 6.87. The molecular weight excluding hydrogens is 358 g/mol. The highest BCUT2D eigenvalue weighted by Crippen LogP contribution is 2.38. The normalized spacial score (nSPS) is 20.0. The number of nitriles is 1. The minimum atomic E-state index is -3.07. The Bertz CT molecular complexity index is 751. The Hall–Kier alpha value is -1.98. The van der Waals surface area contributed by atoms with Gasteiger partial charge in [0.05, 0.1) is 6.61 Å². The van der Waals surface area contributed by atoms with Crippen molar-refractivity contribution < 1.29 is 13.5 Å². The fourth-order valence-electron chi connectivity index (χ4n) is 2.38. The molecule has 8 heteroatoms. The first kappa shape index (κ1) is 14.9. The van der Waals surface area contributed by atoms with Crippen LogP contribution in [-0.4, -0.2) is 28.9 Å². The average molecular weight is 369 g/mol. The SMILES string of the molecule is N#Cc1c(-c2ccc(Br)cc2)nn(C2COCC2(F)F)c1N. The van der Waals surface area contributed by atoms with Crippen molar-refractivity contribution in [3.05, 3.63) is 34.3 Å². The molecule has 1 aliphatic rings. The lowest BCUT2D eigenvalue weighted by atomic mass is 10.1. The zero-order chi connectivity index (χ0) is 15.9. The third kappa shape index (κ3) is 2.36. The molecular formula is C14H11BrF2N4O. The lowest BCUT2D eigenvalue weighted by Crippen LogP contribution is -2.30. The van der Waals surface area contributed by atoms with Gasteiger partial charge >= 0.3 is 0 Å². The average Bonchev–Trinajstić information content (AvgIpc) is 2.99. The maximum absolute atomic E-state index is 13.8. The van der Waals surface area contributed by atoms with E-state index in [4.69, 9.17) is 10.5 Å². The predicted molar refractivity (Wildman–Crippen MR) is 79.3 cm³/mol. The lowest BCUT2D eigenvalue weighted by molar-refractivity contribution is -0.0344. The molecule has 5 nitrogen and oxygen atoms in total. The van der Waals surface area contributed by atoms with Crippen molar-refractivity contribution in [2.24, 2.45) is 0 Å². The Morgan fingerprint density at radius 2 is 2.09 bits per heavy atom. The van der Waals surface area contributed by atoms with Gasteiger partial charge in [-0.15, -0.1) is 0 Å². The van der Waals surface area contributed by atoms with Crippen molar-refractivity contribution in [3.63, 3.8) is 0 Å². The first-order valence-electron chi connectivity index (χ1n) is 6.43. The van der Waals surface area contributed by atoms with E-state index in [1.54, 1.807) is 24.3 Å². The maximum Gasteiger partial charge on any atom is 0.295 e. The molecule has 2 aromatic rings. The topological polar surface area (TPSA) is 76.9 Å². The molecule has 0 bridgehead atoms. The minimum absolute atomic E-state index is 0.0735. The zero-order valence-corrected chi connectivity index (χ0v) is 12.8. The van der Waals surface area contributed by atoms with Crippen LogP contribution >= 0.6 is 15.9 Å². The molecule has 0 aliphatic carbocycles. The van der Waals surface area contributed by atoms with E-state index in [1.165, 1.54) is 0 Å². The van der Waals surface area contributed by atoms with E-state index in [-0.39, 0.29) is 23.7 Å². The first-order chi connectivity index (χ1) is 10.4. The van der Waals surface area contributed by atoms with E-state index in [2.05, 4.69) is 21.0 Å². The Balaban J connectivity index is 2.12. The van der Waals surface area contributed by atoms with Crippen molar-refractivity contribution in [1.29, 1.82) is 5.26 Å². The van der Waals surface area contributed by atoms with Crippen molar-refractivity contribution in [1.82, 2.24) is 9.78 Å². The standard InChI is InChI=1S/C14H11BrF2N4O/c15-9-3-1-8(2-4-9)12-10(5-18)13(19)21(20-12)11-6-22-7-14(11,16)17/h1-4,11H,6-7,19H2. The number of ether oxygens (including phenoxy) is 1. The number of nitrogen functional groups attached to an aromatic ring is 1. The van der Waals surface area contributed by atoms with Crippen LogP contribution in [0.5, 0.6) is 0 Å². The fourth-order valence-corrected chi connectivity index (χ4v) is 2.64. The van der Waals surface area contributed by atoms with Gasteiger partial charge < -0.3 is 10.5 Å². The first-order valence-corrected chi connectivity index (χ1v) is 7.23. The monoisotopic (exact) mass is 368 g/mol. The quantitative estimate of drug-likeness (QED) is 0.883. The van der Waals surface area contributed by atoms with Crippen LogP contribution in [0.4, 0.5) is 14.6 Å². The fraction of sp³-hybridized carbons (Fsp3) is 0.286. The molecule has 1 atom stereocenters. The Morgan fingerprint density at radius 1 is 1.41 bits per heavy atom. The van der Waals surface area contributed by atoms with Crippen LogP contribution in [0, 0.1) is 11.3 Å². The van der Waals surface area contributed by atoms with Gasteiger partial charge in [-0.3, -0.25) is 0 Å². The van der Waals surface area contributed by atoms with Gasteiger partial charge in [-0.1, -0.05) is 28.1 Å². The molecule has 1 fully saturated rings. The van der Waals surface area contributed by atoms with E-state index in [0.717, 1.165) is 9.15 Å². The highest BCUT2D eigenvalue weighted by molar-refractivity contribution is 9.10. The minimum Gasteiger partial charge on any atom is -0.383 e. The summed E-state index contributed by atoms with van der Waals surface area (Å²) in [5, 5.41) is 13.4. The maximum atomic E-state index is 13.8. The molecule has 1 aliphatic heterocycles. The summed E-state index contributed by atoms with van der Waals surface area (Å²) in [4.78, 5) is 0. The molecule has 1 unspecified atom stereocenters. The summed E-state index contributed by atoms with van der Waals surface area (Å²) in [7, 11) is 0. The van der Waals surface area contributed by atoms with Crippen LogP contribution in [-0.2, 0) is 4.74 Å². The summed E-state index contributed by atoms with van der Waals surface area (Å²) >= 11 is 3.31. The van der Waals surface area contributed by atoms with Gasteiger partial charge in [-0.05, 0) is 12.1 Å². The molecule has 0 amide bonds. The van der Waals surface area contributed by atoms with Crippen LogP contribution in [0.15, 0.2) is 28.7 Å². The lowest BCUT2D eigenvalue weighted by Gasteiger charge is -2.18. The highest BCUT2D eigenvalue weighted by Gasteiger charge is 2.48. The Morgan fingerprint density at radius 3 is 2.64 bits per heavy atom. The van der Waals surface area contributed by atoms with E-state index < -0.39 is 18.6 Å². The Labute approximate surface area is 133 Å². The van der Waals surface area contributed by atoms with Gasteiger partial charge in [-0.2, -0.15) is 10.4 Å². The van der Waals surface area contributed by atoms with Gasteiger partial charge in [0, 0.05) is 10.0 Å². The molecule has 1 aromatic carbocycles. The van der Waals surface area contributed by atoms with Crippen LogP contribution in [0.3, 0.4) is 0 Å². The summed E-state index contributed by atoms with van der Waals surface area (Å²) in [6, 6.07) is 7.67.